The van der Waals surface area contributed by atoms with Crippen molar-refractivity contribution in [2.75, 3.05) is 5.88 Å². The molecule has 98 valence electrons. The standard InChI is InChI=1S/C13H17NO2S2/c1-13(2)11(12(15)16)14(8-18-13)7-9-5-3-4-6-10(9)17/h3-6,11,17H,7-8H2,1-2H3,(H,15,16)/t11-/m0/s1. The Bertz CT molecular complexity index is 462. The first-order valence-electron chi connectivity index (χ1n) is 5.79. The van der Waals surface area contributed by atoms with Crippen molar-refractivity contribution in [2.45, 2.75) is 36.1 Å². The van der Waals surface area contributed by atoms with E-state index >= 15 is 0 Å². The van der Waals surface area contributed by atoms with Crippen LogP contribution in [0.2, 0.25) is 0 Å². The van der Waals surface area contributed by atoms with Crippen LogP contribution in [0, 0.1) is 0 Å². The number of hydrogen-bond donors (Lipinski definition) is 2. The number of carboxylic acids is 1. The number of thiol groups is 1. The molecule has 0 saturated carbocycles. The maximum absolute atomic E-state index is 11.4. The zero-order valence-corrected chi connectivity index (χ0v) is 12.2. The van der Waals surface area contributed by atoms with Crippen LogP contribution in [0.15, 0.2) is 29.2 Å². The smallest absolute Gasteiger partial charge is 0.322 e. The summed E-state index contributed by atoms with van der Waals surface area (Å²) in [7, 11) is 0. The summed E-state index contributed by atoms with van der Waals surface area (Å²) in [4.78, 5) is 14.3. The van der Waals surface area contributed by atoms with E-state index in [2.05, 4.69) is 12.6 Å². The molecule has 1 aromatic rings. The van der Waals surface area contributed by atoms with Gasteiger partial charge in [0.25, 0.3) is 0 Å². The van der Waals surface area contributed by atoms with Gasteiger partial charge in [0.2, 0.25) is 0 Å². The van der Waals surface area contributed by atoms with Crippen LogP contribution in [0.25, 0.3) is 0 Å². The molecule has 1 fully saturated rings. The van der Waals surface area contributed by atoms with Gasteiger partial charge in [0.1, 0.15) is 6.04 Å². The third kappa shape index (κ3) is 2.68. The molecule has 18 heavy (non-hydrogen) atoms. The van der Waals surface area contributed by atoms with E-state index in [1.54, 1.807) is 11.8 Å². The summed E-state index contributed by atoms with van der Waals surface area (Å²) in [5, 5.41) is 9.39. The predicted octanol–water partition coefficient (Wildman–Crippen LogP) is 2.71. The number of carboxylic acid groups (broad SMARTS) is 1. The lowest BCUT2D eigenvalue weighted by Gasteiger charge is -2.28. The van der Waals surface area contributed by atoms with Gasteiger partial charge in [-0.3, -0.25) is 9.69 Å². The molecule has 0 amide bonds. The number of aliphatic carboxylic acids is 1. The van der Waals surface area contributed by atoms with E-state index in [0.29, 0.717) is 6.54 Å². The fraction of sp³-hybridized carbons (Fsp3) is 0.462. The van der Waals surface area contributed by atoms with Gasteiger partial charge in [-0.15, -0.1) is 24.4 Å². The molecular formula is C13H17NO2S2. The first kappa shape index (κ1) is 13.8. The average molecular weight is 283 g/mol. The number of rotatable bonds is 3. The van der Waals surface area contributed by atoms with Crippen LogP contribution in [0.4, 0.5) is 0 Å². The zero-order chi connectivity index (χ0) is 13.3. The molecule has 0 unspecified atom stereocenters. The summed E-state index contributed by atoms with van der Waals surface area (Å²) in [5.74, 6) is -0.00633. The molecule has 5 heteroatoms. The Hall–Kier alpha value is -0.650. The number of carbonyl (C=O) groups is 1. The quantitative estimate of drug-likeness (QED) is 0.837. The fourth-order valence-corrected chi connectivity index (χ4v) is 3.67. The highest BCUT2D eigenvalue weighted by Gasteiger charge is 2.45. The highest BCUT2D eigenvalue weighted by Crippen LogP contribution is 2.40. The minimum atomic E-state index is -0.748. The summed E-state index contributed by atoms with van der Waals surface area (Å²) in [6.45, 7) is 4.61. The van der Waals surface area contributed by atoms with Gasteiger partial charge in [-0.05, 0) is 25.5 Å². The molecular weight excluding hydrogens is 266 g/mol. The Morgan fingerprint density at radius 3 is 2.83 bits per heavy atom. The van der Waals surface area contributed by atoms with E-state index in [-0.39, 0.29) is 4.75 Å². The maximum Gasteiger partial charge on any atom is 0.322 e. The second-order valence-corrected chi connectivity index (χ2v) is 7.07. The molecule has 0 aromatic heterocycles. The molecule has 1 aliphatic rings. The Morgan fingerprint density at radius 2 is 2.22 bits per heavy atom. The molecule has 3 nitrogen and oxygen atoms in total. The van der Waals surface area contributed by atoms with Crippen LogP contribution in [0.5, 0.6) is 0 Å². The Labute approximate surface area is 117 Å². The second kappa shape index (κ2) is 5.15. The van der Waals surface area contributed by atoms with E-state index < -0.39 is 12.0 Å². The summed E-state index contributed by atoms with van der Waals surface area (Å²) >= 11 is 6.10. The van der Waals surface area contributed by atoms with E-state index in [9.17, 15) is 9.90 Å². The van der Waals surface area contributed by atoms with Crippen LogP contribution in [0.3, 0.4) is 0 Å². The van der Waals surface area contributed by atoms with Gasteiger partial charge in [-0.2, -0.15) is 0 Å². The summed E-state index contributed by atoms with van der Waals surface area (Å²) in [6.07, 6.45) is 0. The number of nitrogens with zero attached hydrogens (tertiary/aromatic N) is 1. The van der Waals surface area contributed by atoms with E-state index in [4.69, 9.17) is 0 Å². The van der Waals surface area contributed by atoms with E-state index in [1.807, 2.05) is 43.0 Å². The zero-order valence-electron chi connectivity index (χ0n) is 10.5. The van der Waals surface area contributed by atoms with Crippen LogP contribution < -0.4 is 0 Å². The monoisotopic (exact) mass is 283 g/mol. The van der Waals surface area contributed by atoms with Gasteiger partial charge in [-0.25, -0.2) is 0 Å². The average Bonchev–Trinajstić information content (AvgIpc) is 2.57. The van der Waals surface area contributed by atoms with Crippen molar-refractivity contribution in [1.29, 1.82) is 0 Å². The molecule has 1 aliphatic heterocycles. The highest BCUT2D eigenvalue weighted by molar-refractivity contribution is 8.00. The van der Waals surface area contributed by atoms with Gasteiger partial charge in [0.15, 0.2) is 0 Å². The minimum Gasteiger partial charge on any atom is -0.480 e. The number of benzene rings is 1. The Kier molecular flexibility index (Phi) is 3.94. The number of hydrogen-bond acceptors (Lipinski definition) is 4. The van der Waals surface area contributed by atoms with Gasteiger partial charge < -0.3 is 5.11 Å². The molecule has 1 atom stereocenters. The molecule has 2 rings (SSSR count). The lowest BCUT2D eigenvalue weighted by molar-refractivity contribution is -0.143. The maximum atomic E-state index is 11.4. The lowest BCUT2D eigenvalue weighted by atomic mass is 10.0. The normalized spacial score (nSPS) is 23.2. The first-order valence-corrected chi connectivity index (χ1v) is 7.23. The Morgan fingerprint density at radius 1 is 1.56 bits per heavy atom. The van der Waals surface area contributed by atoms with Crippen LogP contribution in [-0.2, 0) is 11.3 Å². The topological polar surface area (TPSA) is 40.5 Å². The van der Waals surface area contributed by atoms with Crippen molar-refractivity contribution in [3.8, 4) is 0 Å². The van der Waals surface area contributed by atoms with Crippen molar-refractivity contribution in [3.05, 3.63) is 29.8 Å². The van der Waals surface area contributed by atoms with E-state index in [1.165, 1.54) is 0 Å². The Balaban J connectivity index is 2.20. The number of thioether (sulfide) groups is 1. The van der Waals surface area contributed by atoms with Crippen molar-refractivity contribution < 1.29 is 9.90 Å². The second-order valence-electron chi connectivity index (χ2n) is 4.99. The third-order valence-corrected chi connectivity index (χ3v) is 5.09. The summed E-state index contributed by atoms with van der Waals surface area (Å²) < 4.78 is -0.253. The molecule has 1 saturated heterocycles. The SMILES string of the molecule is CC1(C)SCN(Cc2ccccc2S)[C@H]1C(=O)O. The van der Waals surface area contributed by atoms with Gasteiger partial charge in [0.05, 0.1) is 0 Å². The van der Waals surface area contributed by atoms with Gasteiger partial charge in [0, 0.05) is 22.1 Å². The van der Waals surface area contributed by atoms with Crippen LogP contribution >= 0.6 is 24.4 Å². The van der Waals surface area contributed by atoms with Crippen molar-refractivity contribution >= 4 is 30.4 Å². The minimum absolute atomic E-state index is 0.253. The van der Waals surface area contributed by atoms with Gasteiger partial charge >= 0.3 is 5.97 Å². The van der Waals surface area contributed by atoms with Gasteiger partial charge in [-0.1, -0.05) is 18.2 Å². The fourth-order valence-electron chi connectivity index (χ4n) is 2.30. The first-order chi connectivity index (χ1) is 8.42. The van der Waals surface area contributed by atoms with Crippen molar-refractivity contribution in [2.24, 2.45) is 0 Å². The molecule has 0 bridgehead atoms. The molecule has 0 radical (unpaired) electrons. The summed E-state index contributed by atoms with van der Waals surface area (Å²) in [5.41, 5.74) is 1.07. The summed E-state index contributed by atoms with van der Waals surface area (Å²) in [6, 6.07) is 7.37. The van der Waals surface area contributed by atoms with Crippen LogP contribution in [-0.4, -0.2) is 32.6 Å². The molecule has 0 aliphatic carbocycles. The van der Waals surface area contributed by atoms with Crippen LogP contribution in [0.1, 0.15) is 19.4 Å². The van der Waals surface area contributed by atoms with Crippen molar-refractivity contribution in [1.82, 2.24) is 4.90 Å². The largest absolute Gasteiger partial charge is 0.480 e. The highest BCUT2D eigenvalue weighted by atomic mass is 32.2. The molecule has 0 spiro atoms. The van der Waals surface area contributed by atoms with Crippen molar-refractivity contribution in [3.63, 3.8) is 0 Å². The molecule has 1 aromatic carbocycles. The molecule has 1 heterocycles. The predicted molar refractivity (Wildman–Crippen MR) is 77.2 cm³/mol. The lowest BCUT2D eigenvalue weighted by Crippen LogP contribution is -2.45. The molecule has 1 N–H and O–H groups in total. The van der Waals surface area contributed by atoms with E-state index in [0.717, 1.165) is 16.3 Å². The third-order valence-electron chi connectivity index (χ3n) is 3.22.